The molecule has 35 heavy (non-hydrogen) atoms. The average molecular weight is 477 g/mol. The Hall–Kier alpha value is -3.38. The van der Waals surface area contributed by atoms with Gasteiger partial charge in [0.15, 0.2) is 6.23 Å². The molecule has 1 N–H and O–H groups in total. The molecule has 0 fully saturated rings. The van der Waals surface area contributed by atoms with Crippen molar-refractivity contribution in [1.82, 2.24) is 9.47 Å². The number of rotatable bonds is 9. The first-order chi connectivity index (χ1) is 16.8. The van der Waals surface area contributed by atoms with Gasteiger partial charge in [0.25, 0.3) is 0 Å². The van der Waals surface area contributed by atoms with Gasteiger partial charge in [0, 0.05) is 48.9 Å². The zero-order valence-electron chi connectivity index (χ0n) is 20.8. The highest BCUT2D eigenvalue weighted by Crippen LogP contribution is 2.38. The number of unbranched alkanes of at least 4 members (excludes halogenated alkanes) is 2. The predicted molar refractivity (Wildman–Crippen MR) is 138 cm³/mol. The number of hydrogen-bond acceptors (Lipinski definition) is 3. The summed E-state index contributed by atoms with van der Waals surface area (Å²) < 4.78 is 21.7. The summed E-state index contributed by atoms with van der Waals surface area (Å²) in [5.41, 5.74) is 5.29. The van der Waals surface area contributed by atoms with Crippen molar-refractivity contribution in [3.63, 3.8) is 0 Å². The Morgan fingerprint density at radius 2 is 1.97 bits per heavy atom. The first-order valence-corrected chi connectivity index (χ1v) is 12.1. The van der Waals surface area contributed by atoms with Gasteiger partial charge in [0.05, 0.1) is 0 Å². The van der Waals surface area contributed by atoms with E-state index in [1.54, 1.807) is 17.7 Å². The molecule has 0 aliphatic carbocycles. The minimum absolute atomic E-state index is 0.186. The number of ether oxygens (including phenoxy) is 1. The minimum atomic E-state index is -1.02. The third kappa shape index (κ3) is 4.89. The number of nitrogens with zero attached hydrogens (tertiary/aromatic N) is 2. The number of carbonyl (C=O) groups is 1. The van der Waals surface area contributed by atoms with Crippen LogP contribution in [-0.4, -0.2) is 40.9 Å². The monoisotopic (exact) mass is 476 g/mol. The predicted octanol–water partition coefficient (Wildman–Crippen LogP) is 6.38. The highest BCUT2D eigenvalue weighted by molar-refractivity contribution is 6.06. The number of aryl methyl sites for hydroxylation is 2. The molecule has 0 spiro atoms. The quantitative estimate of drug-likeness (QED) is 0.364. The first kappa shape index (κ1) is 24.7. The first-order valence-electron chi connectivity index (χ1n) is 12.1. The van der Waals surface area contributed by atoms with Crippen LogP contribution in [0.1, 0.15) is 58.9 Å². The van der Waals surface area contributed by atoms with Crippen LogP contribution in [-0.2, 0) is 17.7 Å². The molecule has 2 heterocycles. The molecule has 0 radical (unpaired) electrons. The summed E-state index contributed by atoms with van der Waals surface area (Å²) in [5.74, 6) is -1.36. The molecule has 2 aromatic carbocycles. The van der Waals surface area contributed by atoms with Gasteiger partial charge in [-0.1, -0.05) is 38.0 Å². The van der Waals surface area contributed by atoms with Gasteiger partial charge in [-0.15, -0.1) is 0 Å². The van der Waals surface area contributed by atoms with Gasteiger partial charge in [-0.2, -0.15) is 0 Å². The van der Waals surface area contributed by atoms with Crippen LogP contribution in [0.25, 0.3) is 16.5 Å². The van der Waals surface area contributed by atoms with E-state index in [2.05, 4.69) is 19.1 Å². The molecule has 1 aliphatic heterocycles. The van der Waals surface area contributed by atoms with Crippen LogP contribution in [0.15, 0.2) is 54.8 Å². The van der Waals surface area contributed by atoms with E-state index in [0.717, 1.165) is 53.3 Å². The Kier molecular flexibility index (Phi) is 7.41. The van der Waals surface area contributed by atoms with Crippen molar-refractivity contribution in [2.45, 2.75) is 52.3 Å². The molecule has 1 aliphatic rings. The molecule has 1 unspecified atom stereocenters. The van der Waals surface area contributed by atoms with Crippen LogP contribution >= 0.6 is 0 Å². The Morgan fingerprint density at radius 1 is 1.17 bits per heavy atom. The van der Waals surface area contributed by atoms with E-state index >= 15 is 0 Å². The van der Waals surface area contributed by atoms with Crippen molar-refractivity contribution in [2.24, 2.45) is 0 Å². The Labute approximate surface area is 206 Å². The molecular weight excluding hydrogens is 443 g/mol. The Morgan fingerprint density at radius 3 is 2.69 bits per heavy atom. The van der Waals surface area contributed by atoms with E-state index in [-0.39, 0.29) is 18.1 Å². The highest BCUT2D eigenvalue weighted by atomic mass is 19.1. The highest BCUT2D eigenvalue weighted by Gasteiger charge is 2.31. The third-order valence-corrected chi connectivity index (χ3v) is 6.78. The maximum Gasteiger partial charge on any atom is 0.353 e. The molecule has 0 amide bonds. The fraction of sp³-hybridized carbons (Fsp3) is 0.345. The molecule has 0 saturated carbocycles. The van der Waals surface area contributed by atoms with Crippen LogP contribution in [0, 0.1) is 12.7 Å². The molecule has 1 aromatic heterocycles. The lowest BCUT2D eigenvalue weighted by atomic mass is 9.96. The largest absolute Gasteiger partial charge is 0.477 e. The zero-order chi connectivity index (χ0) is 25.1. The Bertz CT molecular complexity index is 1300. The summed E-state index contributed by atoms with van der Waals surface area (Å²) in [6.07, 6.45) is 9.63. The van der Waals surface area contributed by atoms with Crippen LogP contribution in [0.4, 0.5) is 4.39 Å². The molecule has 1 atom stereocenters. The van der Waals surface area contributed by atoms with E-state index in [1.807, 2.05) is 43.3 Å². The molecule has 184 valence electrons. The second-order valence-electron chi connectivity index (χ2n) is 9.21. The molecule has 3 aromatic rings. The molecule has 5 nitrogen and oxygen atoms in total. The SMILES string of the molecule is CCCCCc1ccc2c(c1)c(C1=CC=CN(C)C1OC)c(C(=O)O)n2Cc1cc(F)ccc1C. The zero-order valence-corrected chi connectivity index (χ0v) is 20.8. The summed E-state index contributed by atoms with van der Waals surface area (Å²) in [4.78, 5) is 14.7. The average Bonchev–Trinajstić information content (AvgIpc) is 3.15. The van der Waals surface area contributed by atoms with E-state index in [4.69, 9.17) is 4.74 Å². The van der Waals surface area contributed by atoms with Crippen LogP contribution < -0.4 is 0 Å². The van der Waals surface area contributed by atoms with E-state index in [9.17, 15) is 14.3 Å². The van der Waals surface area contributed by atoms with Crippen molar-refractivity contribution in [1.29, 1.82) is 0 Å². The molecule has 6 heteroatoms. The number of methoxy groups -OCH3 is 1. The van der Waals surface area contributed by atoms with Gasteiger partial charge in [-0.3, -0.25) is 0 Å². The summed E-state index contributed by atoms with van der Waals surface area (Å²) in [5, 5.41) is 11.3. The van der Waals surface area contributed by atoms with Crippen molar-refractivity contribution in [3.05, 3.63) is 88.5 Å². The number of likely N-dealkylation sites (N-methyl/N-ethyl adjacent to an activating group) is 1. The number of hydrogen-bond donors (Lipinski definition) is 1. The van der Waals surface area contributed by atoms with Crippen LogP contribution in [0.2, 0.25) is 0 Å². The standard InChI is InChI=1S/C29H33FN2O3/c1-5-6-7-9-20-12-14-25-24(16-20)26(23-10-8-15-31(3)28(23)35-4)27(29(33)34)32(25)18-21-17-22(30)13-11-19(21)2/h8,10-17,28H,5-7,9,18H2,1-4H3,(H,33,34). The summed E-state index contributed by atoms with van der Waals surface area (Å²) >= 11 is 0. The number of allylic oxidation sites excluding steroid dienone is 2. The van der Waals surface area contributed by atoms with Crippen molar-refractivity contribution in [3.8, 4) is 0 Å². The summed E-state index contributed by atoms with van der Waals surface area (Å²) in [6.45, 7) is 4.35. The van der Waals surface area contributed by atoms with Gasteiger partial charge in [0.1, 0.15) is 11.5 Å². The third-order valence-electron chi connectivity index (χ3n) is 6.78. The van der Waals surface area contributed by atoms with Crippen molar-refractivity contribution < 1.29 is 19.0 Å². The van der Waals surface area contributed by atoms with E-state index in [1.165, 1.54) is 17.7 Å². The van der Waals surface area contributed by atoms with Crippen molar-refractivity contribution in [2.75, 3.05) is 14.2 Å². The summed E-state index contributed by atoms with van der Waals surface area (Å²) in [7, 11) is 3.53. The van der Waals surface area contributed by atoms with Gasteiger partial charge in [-0.25, -0.2) is 9.18 Å². The smallest absolute Gasteiger partial charge is 0.353 e. The summed E-state index contributed by atoms with van der Waals surface area (Å²) in [6, 6.07) is 10.8. The van der Waals surface area contributed by atoms with Crippen molar-refractivity contribution >= 4 is 22.4 Å². The molecule has 0 saturated heterocycles. The number of aromatic carboxylic acids is 1. The maximum absolute atomic E-state index is 14.1. The fourth-order valence-electron chi connectivity index (χ4n) is 4.96. The Balaban J connectivity index is 1.97. The number of carboxylic acid groups (broad SMARTS) is 1. The maximum atomic E-state index is 14.1. The lowest BCUT2D eigenvalue weighted by Gasteiger charge is -2.30. The van der Waals surface area contributed by atoms with Gasteiger partial charge < -0.3 is 19.3 Å². The second kappa shape index (κ2) is 10.5. The number of aromatic nitrogens is 1. The van der Waals surface area contributed by atoms with Gasteiger partial charge in [0.2, 0.25) is 0 Å². The van der Waals surface area contributed by atoms with E-state index in [0.29, 0.717) is 5.56 Å². The second-order valence-corrected chi connectivity index (χ2v) is 9.21. The van der Waals surface area contributed by atoms with E-state index < -0.39 is 12.2 Å². The number of benzene rings is 2. The van der Waals surface area contributed by atoms with Crippen LogP contribution in [0.3, 0.4) is 0 Å². The normalized spacial score (nSPS) is 15.6. The fourth-order valence-corrected chi connectivity index (χ4v) is 4.96. The number of halogens is 1. The van der Waals surface area contributed by atoms with Crippen LogP contribution in [0.5, 0.6) is 0 Å². The van der Waals surface area contributed by atoms with Gasteiger partial charge in [-0.05, 0) is 66.8 Å². The lowest BCUT2D eigenvalue weighted by Crippen LogP contribution is -2.32. The topological polar surface area (TPSA) is 54.7 Å². The lowest BCUT2D eigenvalue weighted by molar-refractivity contribution is 0.0527. The minimum Gasteiger partial charge on any atom is -0.477 e. The molecular formula is C29H33FN2O3. The van der Waals surface area contributed by atoms with Gasteiger partial charge >= 0.3 is 5.97 Å². The molecule has 0 bridgehead atoms. The molecule has 4 rings (SSSR count). The number of fused-ring (bicyclic) bond motifs is 1. The number of carboxylic acids is 1.